The summed E-state index contributed by atoms with van der Waals surface area (Å²) in [7, 11) is -0.640. The fourth-order valence-electron chi connectivity index (χ4n) is 3.08. The van der Waals surface area contributed by atoms with E-state index in [1.165, 1.54) is 12.1 Å². The Bertz CT molecular complexity index is 650. The topological polar surface area (TPSA) is 59.6 Å². The number of piperidine rings is 1. The minimum absolute atomic E-state index is 0. The van der Waals surface area contributed by atoms with Crippen LogP contribution in [0.25, 0.3) is 0 Å². The van der Waals surface area contributed by atoms with Gasteiger partial charge in [0, 0.05) is 12.6 Å². The Morgan fingerprint density at radius 1 is 1.27 bits per heavy atom. The third-order valence-corrected chi connectivity index (χ3v) is 5.40. The van der Waals surface area contributed by atoms with Gasteiger partial charge in [-0.1, -0.05) is 6.07 Å². The van der Waals surface area contributed by atoms with Gasteiger partial charge in [-0.05, 0) is 64.7 Å². The van der Waals surface area contributed by atoms with Gasteiger partial charge in [0.05, 0.1) is 16.8 Å². The van der Waals surface area contributed by atoms with Gasteiger partial charge in [0.25, 0.3) is 5.91 Å². The van der Waals surface area contributed by atoms with E-state index in [4.69, 9.17) is 9.31 Å². The first-order chi connectivity index (χ1) is 11.7. The van der Waals surface area contributed by atoms with Crippen LogP contribution in [0.5, 0.6) is 0 Å². The van der Waals surface area contributed by atoms with E-state index >= 15 is 0 Å². The molecular formula is C18H27BClFN2O3. The minimum Gasteiger partial charge on any atom is -0.399 e. The van der Waals surface area contributed by atoms with E-state index in [-0.39, 0.29) is 29.9 Å². The molecule has 1 amide bonds. The van der Waals surface area contributed by atoms with Crippen molar-refractivity contribution in [1.82, 2.24) is 10.6 Å². The minimum atomic E-state index is -0.640. The lowest BCUT2D eigenvalue weighted by Gasteiger charge is -2.32. The van der Waals surface area contributed by atoms with Gasteiger partial charge in [0.2, 0.25) is 0 Å². The van der Waals surface area contributed by atoms with Crippen molar-refractivity contribution in [2.45, 2.75) is 57.8 Å². The number of hydrogen-bond acceptors (Lipinski definition) is 4. The number of rotatable bonds is 3. The van der Waals surface area contributed by atoms with Gasteiger partial charge in [0.15, 0.2) is 0 Å². The van der Waals surface area contributed by atoms with E-state index in [1.807, 2.05) is 27.7 Å². The zero-order chi connectivity index (χ0) is 18.2. The molecule has 1 atom stereocenters. The molecule has 0 radical (unpaired) electrons. The maximum Gasteiger partial charge on any atom is 0.494 e. The highest BCUT2D eigenvalue weighted by atomic mass is 35.5. The second-order valence-corrected chi connectivity index (χ2v) is 7.84. The molecule has 144 valence electrons. The van der Waals surface area contributed by atoms with E-state index < -0.39 is 24.1 Å². The van der Waals surface area contributed by atoms with Crippen molar-refractivity contribution in [3.8, 4) is 0 Å². The molecule has 3 rings (SSSR count). The van der Waals surface area contributed by atoms with Crippen molar-refractivity contribution in [2.24, 2.45) is 0 Å². The predicted octanol–water partition coefficient (Wildman–Crippen LogP) is 2.03. The van der Waals surface area contributed by atoms with Crippen LogP contribution in [0.15, 0.2) is 18.2 Å². The number of benzene rings is 1. The maximum atomic E-state index is 14.5. The molecule has 0 saturated carbocycles. The van der Waals surface area contributed by atoms with Crippen LogP contribution in [0.4, 0.5) is 4.39 Å². The zero-order valence-corrected chi connectivity index (χ0v) is 16.5. The fourth-order valence-corrected chi connectivity index (χ4v) is 3.08. The fraction of sp³-hybridized carbons (Fsp3) is 0.611. The summed E-state index contributed by atoms with van der Waals surface area (Å²) in [5.74, 6) is -0.944. The second kappa shape index (κ2) is 7.84. The Morgan fingerprint density at radius 2 is 1.92 bits per heavy atom. The smallest absolute Gasteiger partial charge is 0.399 e. The number of halogens is 2. The van der Waals surface area contributed by atoms with E-state index in [0.717, 1.165) is 25.9 Å². The number of hydrogen-bond donors (Lipinski definition) is 2. The first-order valence-electron chi connectivity index (χ1n) is 8.86. The SMILES string of the molecule is CC1(C)OB(c2ccc(C(=O)N[C@H]3CCCNC3)c(F)c2)OC1(C)C.Cl. The summed E-state index contributed by atoms with van der Waals surface area (Å²) >= 11 is 0. The van der Waals surface area contributed by atoms with Crippen molar-refractivity contribution in [3.05, 3.63) is 29.6 Å². The molecule has 2 N–H and O–H groups in total. The Balaban J connectivity index is 0.00000243. The lowest BCUT2D eigenvalue weighted by atomic mass is 9.78. The van der Waals surface area contributed by atoms with E-state index in [1.54, 1.807) is 6.07 Å². The standard InChI is InChI=1S/C18H26BFN2O3.ClH/c1-17(2)18(3,4)25-19(24-17)12-7-8-14(15(20)10-12)16(23)22-13-6-5-9-21-11-13;/h7-8,10,13,21H,5-6,9,11H2,1-4H3,(H,22,23);1H/t13-;/m0./s1. The number of carbonyl (C=O) groups is 1. The average molecular weight is 385 g/mol. The number of amides is 1. The third kappa shape index (κ3) is 4.22. The molecule has 2 fully saturated rings. The monoisotopic (exact) mass is 384 g/mol. The first-order valence-corrected chi connectivity index (χ1v) is 8.86. The summed E-state index contributed by atoms with van der Waals surface area (Å²) in [6.07, 6.45) is 1.92. The van der Waals surface area contributed by atoms with Crippen molar-refractivity contribution in [1.29, 1.82) is 0 Å². The average Bonchev–Trinajstić information content (AvgIpc) is 2.76. The molecule has 2 saturated heterocycles. The lowest BCUT2D eigenvalue weighted by molar-refractivity contribution is 0.00578. The highest BCUT2D eigenvalue weighted by molar-refractivity contribution is 6.62. The molecule has 2 heterocycles. The van der Waals surface area contributed by atoms with Crippen LogP contribution in [-0.4, -0.2) is 43.4 Å². The van der Waals surface area contributed by atoms with Crippen molar-refractivity contribution >= 4 is 30.9 Å². The Kier molecular flexibility index (Phi) is 6.38. The normalized spacial score (nSPS) is 24.0. The van der Waals surface area contributed by atoms with Gasteiger partial charge in [-0.15, -0.1) is 12.4 Å². The molecule has 8 heteroatoms. The van der Waals surface area contributed by atoms with Crippen molar-refractivity contribution in [2.75, 3.05) is 13.1 Å². The van der Waals surface area contributed by atoms with E-state index in [9.17, 15) is 9.18 Å². The van der Waals surface area contributed by atoms with E-state index in [0.29, 0.717) is 5.46 Å². The summed E-state index contributed by atoms with van der Waals surface area (Å²) in [5, 5.41) is 6.11. The molecule has 1 aromatic carbocycles. The highest BCUT2D eigenvalue weighted by Gasteiger charge is 2.51. The first kappa shape index (κ1) is 21.2. The van der Waals surface area contributed by atoms with Gasteiger partial charge in [-0.3, -0.25) is 4.79 Å². The molecular weight excluding hydrogens is 357 g/mol. The molecule has 2 aliphatic heterocycles. The van der Waals surface area contributed by atoms with E-state index in [2.05, 4.69) is 10.6 Å². The zero-order valence-electron chi connectivity index (χ0n) is 15.7. The molecule has 0 unspecified atom stereocenters. The van der Waals surface area contributed by atoms with Gasteiger partial charge < -0.3 is 19.9 Å². The molecule has 2 aliphatic rings. The quantitative estimate of drug-likeness (QED) is 0.783. The lowest BCUT2D eigenvalue weighted by Crippen LogP contribution is -2.46. The maximum absolute atomic E-state index is 14.5. The van der Waals surface area contributed by atoms with Crippen LogP contribution in [0, 0.1) is 5.82 Å². The third-order valence-electron chi connectivity index (χ3n) is 5.40. The van der Waals surface area contributed by atoms with Gasteiger partial charge in [-0.25, -0.2) is 4.39 Å². The number of carbonyl (C=O) groups excluding carboxylic acids is 1. The van der Waals surface area contributed by atoms with Gasteiger partial charge >= 0.3 is 7.12 Å². The highest BCUT2D eigenvalue weighted by Crippen LogP contribution is 2.36. The molecule has 0 aliphatic carbocycles. The molecule has 0 aromatic heterocycles. The Hall–Kier alpha value is -1.15. The van der Waals surface area contributed by atoms with Gasteiger partial charge in [0.1, 0.15) is 5.82 Å². The van der Waals surface area contributed by atoms with Crippen LogP contribution in [-0.2, 0) is 9.31 Å². The second-order valence-electron chi connectivity index (χ2n) is 7.84. The molecule has 0 bridgehead atoms. The van der Waals surface area contributed by atoms with Crippen LogP contribution < -0.4 is 16.1 Å². The predicted molar refractivity (Wildman–Crippen MR) is 103 cm³/mol. The molecule has 5 nitrogen and oxygen atoms in total. The summed E-state index contributed by atoms with van der Waals surface area (Å²) in [6, 6.07) is 4.57. The Morgan fingerprint density at radius 3 is 2.46 bits per heavy atom. The van der Waals surface area contributed by atoms with Crippen LogP contribution >= 0.6 is 12.4 Å². The number of nitrogens with one attached hydrogen (secondary N) is 2. The van der Waals surface area contributed by atoms with Crippen molar-refractivity contribution in [3.63, 3.8) is 0 Å². The largest absolute Gasteiger partial charge is 0.494 e. The van der Waals surface area contributed by atoms with Crippen LogP contribution in [0.3, 0.4) is 0 Å². The van der Waals surface area contributed by atoms with Crippen molar-refractivity contribution < 1.29 is 18.5 Å². The summed E-state index contributed by atoms with van der Waals surface area (Å²) in [6.45, 7) is 9.47. The molecule has 26 heavy (non-hydrogen) atoms. The summed E-state index contributed by atoms with van der Waals surface area (Å²) in [5.41, 5.74) is -0.353. The molecule has 1 aromatic rings. The molecule has 0 spiro atoms. The summed E-state index contributed by atoms with van der Waals surface area (Å²) in [4.78, 5) is 12.3. The van der Waals surface area contributed by atoms with Crippen LogP contribution in [0.2, 0.25) is 0 Å². The van der Waals surface area contributed by atoms with Gasteiger partial charge in [-0.2, -0.15) is 0 Å². The van der Waals surface area contributed by atoms with Crippen LogP contribution in [0.1, 0.15) is 50.9 Å². The summed E-state index contributed by atoms with van der Waals surface area (Å²) < 4.78 is 26.4. The Labute approximate surface area is 160 Å².